The van der Waals surface area contributed by atoms with Crippen LogP contribution in [0, 0.1) is 11.3 Å². The summed E-state index contributed by atoms with van der Waals surface area (Å²) in [6.45, 7) is 7.24. The van der Waals surface area contributed by atoms with Gasteiger partial charge in [0.15, 0.2) is 0 Å². The zero-order valence-electron chi connectivity index (χ0n) is 16.6. The van der Waals surface area contributed by atoms with Crippen molar-refractivity contribution in [3.8, 4) is 0 Å². The molecule has 3 heterocycles. The van der Waals surface area contributed by atoms with Crippen LogP contribution in [0.5, 0.6) is 0 Å². The van der Waals surface area contributed by atoms with Crippen LogP contribution in [0.1, 0.15) is 56.4 Å². The highest BCUT2D eigenvalue weighted by Gasteiger charge is 2.42. The van der Waals surface area contributed by atoms with E-state index in [-0.39, 0.29) is 22.8 Å². The van der Waals surface area contributed by atoms with Crippen LogP contribution in [0.15, 0.2) is 16.9 Å². The van der Waals surface area contributed by atoms with E-state index in [1.54, 1.807) is 7.05 Å². The SMILES string of the molecule is CC(C)CCN1C[C@]2(CCCN(C(=O)c3ccc(=O)n(C)n3)C2)CCC1=O. The molecule has 1 atom stereocenters. The second kappa shape index (κ2) is 7.82. The van der Waals surface area contributed by atoms with Gasteiger partial charge in [-0.2, -0.15) is 5.10 Å². The Balaban J connectivity index is 1.72. The Labute approximate surface area is 160 Å². The third kappa shape index (κ3) is 4.39. The molecule has 2 fully saturated rings. The predicted molar refractivity (Wildman–Crippen MR) is 102 cm³/mol. The number of rotatable bonds is 4. The van der Waals surface area contributed by atoms with Crippen molar-refractivity contribution in [2.24, 2.45) is 18.4 Å². The minimum absolute atomic E-state index is 0.0144. The number of aromatic nitrogens is 2. The molecule has 1 spiro atoms. The van der Waals surface area contributed by atoms with Crippen LogP contribution in [-0.2, 0) is 11.8 Å². The molecule has 2 aliphatic rings. The van der Waals surface area contributed by atoms with E-state index >= 15 is 0 Å². The molecule has 0 radical (unpaired) electrons. The molecule has 7 heteroatoms. The molecule has 27 heavy (non-hydrogen) atoms. The summed E-state index contributed by atoms with van der Waals surface area (Å²) < 4.78 is 1.19. The standard InChI is InChI=1S/C20H30N4O3/c1-15(2)8-12-23-13-20(10-7-18(23)26)9-4-11-24(14-20)19(27)16-5-6-17(25)22(3)21-16/h5-6,15H,4,7-14H2,1-3H3/t20-/m0/s1. The molecular formula is C20H30N4O3. The van der Waals surface area contributed by atoms with Gasteiger partial charge in [0, 0.05) is 51.1 Å². The molecule has 2 amide bonds. The van der Waals surface area contributed by atoms with Crippen molar-refractivity contribution >= 4 is 11.8 Å². The largest absolute Gasteiger partial charge is 0.342 e. The molecule has 1 aromatic rings. The van der Waals surface area contributed by atoms with Gasteiger partial charge in [-0.15, -0.1) is 0 Å². The summed E-state index contributed by atoms with van der Waals surface area (Å²) in [5.74, 6) is 0.677. The Morgan fingerprint density at radius 2 is 2.00 bits per heavy atom. The molecule has 0 N–H and O–H groups in total. The lowest BCUT2D eigenvalue weighted by molar-refractivity contribution is -0.139. The maximum absolute atomic E-state index is 12.9. The zero-order chi connectivity index (χ0) is 19.6. The van der Waals surface area contributed by atoms with Gasteiger partial charge in [0.05, 0.1) is 0 Å². The summed E-state index contributed by atoms with van der Waals surface area (Å²) in [7, 11) is 1.55. The van der Waals surface area contributed by atoms with Gasteiger partial charge in [0.1, 0.15) is 5.69 Å². The molecule has 0 saturated carbocycles. The predicted octanol–water partition coefficient (Wildman–Crippen LogP) is 1.67. The molecule has 0 aliphatic carbocycles. The molecule has 0 aromatic carbocycles. The van der Waals surface area contributed by atoms with E-state index in [9.17, 15) is 14.4 Å². The van der Waals surface area contributed by atoms with E-state index < -0.39 is 0 Å². The first kappa shape index (κ1) is 19.6. The molecule has 3 rings (SSSR count). The van der Waals surface area contributed by atoms with E-state index in [2.05, 4.69) is 18.9 Å². The second-order valence-electron chi connectivity index (χ2n) is 8.51. The molecular weight excluding hydrogens is 344 g/mol. The van der Waals surface area contributed by atoms with Crippen LogP contribution in [0.3, 0.4) is 0 Å². The van der Waals surface area contributed by atoms with E-state index in [4.69, 9.17) is 0 Å². The highest BCUT2D eigenvalue weighted by molar-refractivity contribution is 5.92. The van der Waals surface area contributed by atoms with Gasteiger partial charge >= 0.3 is 0 Å². The van der Waals surface area contributed by atoms with E-state index in [0.717, 1.165) is 38.8 Å². The lowest BCUT2D eigenvalue weighted by Crippen LogP contribution is -2.55. The summed E-state index contributed by atoms with van der Waals surface area (Å²) in [6, 6.07) is 2.89. The monoisotopic (exact) mass is 374 g/mol. The quantitative estimate of drug-likeness (QED) is 0.803. The van der Waals surface area contributed by atoms with Crippen LogP contribution in [-0.4, -0.2) is 57.6 Å². The second-order valence-corrected chi connectivity index (χ2v) is 8.51. The van der Waals surface area contributed by atoms with Crippen LogP contribution < -0.4 is 5.56 Å². The number of aryl methyl sites for hydroxylation is 1. The highest BCUT2D eigenvalue weighted by atomic mass is 16.2. The third-order valence-electron chi connectivity index (χ3n) is 5.85. The summed E-state index contributed by atoms with van der Waals surface area (Å²) in [5.41, 5.74) is 0.0605. The molecule has 0 bridgehead atoms. The number of likely N-dealkylation sites (tertiary alicyclic amines) is 2. The number of amides is 2. The minimum atomic E-state index is -0.228. The first-order valence-electron chi connectivity index (χ1n) is 9.91. The van der Waals surface area contributed by atoms with Gasteiger partial charge in [-0.05, 0) is 37.7 Å². The summed E-state index contributed by atoms with van der Waals surface area (Å²) in [6.07, 6.45) is 4.39. The van der Waals surface area contributed by atoms with Crippen molar-refractivity contribution in [3.05, 3.63) is 28.2 Å². The van der Waals surface area contributed by atoms with Crippen molar-refractivity contribution < 1.29 is 9.59 Å². The van der Waals surface area contributed by atoms with Crippen LogP contribution in [0.4, 0.5) is 0 Å². The number of hydrogen-bond acceptors (Lipinski definition) is 4. The van der Waals surface area contributed by atoms with E-state index in [1.165, 1.54) is 16.8 Å². The van der Waals surface area contributed by atoms with Crippen molar-refractivity contribution in [1.29, 1.82) is 0 Å². The maximum atomic E-state index is 12.9. The number of nitrogens with zero attached hydrogens (tertiary/aromatic N) is 4. The van der Waals surface area contributed by atoms with Gasteiger partial charge in [0.2, 0.25) is 5.91 Å². The first-order valence-corrected chi connectivity index (χ1v) is 9.91. The lowest BCUT2D eigenvalue weighted by atomic mass is 9.73. The van der Waals surface area contributed by atoms with E-state index in [1.807, 2.05) is 9.80 Å². The average Bonchev–Trinajstić information content (AvgIpc) is 2.64. The number of piperidine rings is 2. The fraction of sp³-hybridized carbons (Fsp3) is 0.700. The number of hydrogen-bond donors (Lipinski definition) is 0. The highest BCUT2D eigenvalue weighted by Crippen LogP contribution is 2.39. The molecule has 2 aliphatic heterocycles. The summed E-state index contributed by atoms with van der Waals surface area (Å²) in [4.78, 5) is 40.6. The molecule has 0 unspecified atom stereocenters. The van der Waals surface area contributed by atoms with Gasteiger partial charge in [0.25, 0.3) is 11.5 Å². The molecule has 2 saturated heterocycles. The maximum Gasteiger partial charge on any atom is 0.274 e. The average molecular weight is 374 g/mol. The topological polar surface area (TPSA) is 75.5 Å². The number of carbonyl (C=O) groups excluding carboxylic acids is 2. The molecule has 1 aromatic heterocycles. The van der Waals surface area contributed by atoms with Gasteiger partial charge in [-0.3, -0.25) is 14.4 Å². The fourth-order valence-corrected chi connectivity index (χ4v) is 4.21. The van der Waals surface area contributed by atoms with Crippen molar-refractivity contribution in [3.63, 3.8) is 0 Å². The van der Waals surface area contributed by atoms with Gasteiger partial charge in [-0.25, -0.2) is 4.68 Å². The summed E-state index contributed by atoms with van der Waals surface area (Å²) >= 11 is 0. The fourth-order valence-electron chi connectivity index (χ4n) is 4.21. The van der Waals surface area contributed by atoms with Gasteiger partial charge in [-0.1, -0.05) is 13.8 Å². The van der Waals surface area contributed by atoms with Crippen molar-refractivity contribution in [2.45, 2.75) is 46.0 Å². The third-order valence-corrected chi connectivity index (χ3v) is 5.85. The first-order chi connectivity index (χ1) is 12.8. The Morgan fingerprint density at radius 3 is 2.70 bits per heavy atom. The van der Waals surface area contributed by atoms with Gasteiger partial charge < -0.3 is 9.80 Å². The Hall–Kier alpha value is -2.18. The van der Waals surface area contributed by atoms with Crippen LogP contribution in [0.2, 0.25) is 0 Å². The Kier molecular flexibility index (Phi) is 5.67. The molecule has 7 nitrogen and oxygen atoms in total. The summed E-state index contributed by atoms with van der Waals surface area (Å²) in [5, 5.41) is 4.11. The normalized spacial score (nSPS) is 23.3. The van der Waals surface area contributed by atoms with Crippen molar-refractivity contribution in [1.82, 2.24) is 19.6 Å². The van der Waals surface area contributed by atoms with Crippen molar-refractivity contribution in [2.75, 3.05) is 26.2 Å². The zero-order valence-corrected chi connectivity index (χ0v) is 16.6. The Bertz CT molecular complexity index is 773. The smallest absolute Gasteiger partial charge is 0.274 e. The van der Waals surface area contributed by atoms with E-state index in [0.29, 0.717) is 31.1 Å². The Morgan fingerprint density at radius 1 is 1.22 bits per heavy atom. The number of carbonyl (C=O) groups is 2. The molecule has 148 valence electrons. The van der Waals surface area contributed by atoms with Crippen LogP contribution >= 0.6 is 0 Å². The minimum Gasteiger partial charge on any atom is -0.342 e. The lowest BCUT2D eigenvalue weighted by Gasteiger charge is -2.48. The van der Waals surface area contributed by atoms with Crippen LogP contribution in [0.25, 0.3) is 0 Å².